The number of para-hydroxylation sites is 1. The van der Waals surface area contributed by atoms with Crippen molar-refractivity contribution in [3.8, 4) is 0 Å². The van der Waals surface area contributed by atoms with E-state index in [1.54, 1.807) is 0 Å². The first-order chi connectivity index (χ1) is 7.86. The first-order valence-corrected chi connectivity index (χ1v) is 5.75. The van der Waals surface area contributed by atoms with Crippen LogP contribution in [-0.2, 0) is 0 Å². The maximum atomic E-state index is 5.85. The molecule has 84 valence electrons. The molecule has 0 spiro atoms. The van der Waals surface area contributed by atoms with Crippen molar-refractivity contribution in [2.45, 2.75) is 19.3 Å². The molecule has 1 fully saturated rings. The van der Waals surface area contributed by atoms with Gasteiger partial charge in [-0.05, 0) is 31.4 Å². The van der Waals surface area contributed by atoms with Gasteiger partial charge in [0, 0.05) is 13.1 Å². The van der Waals surface area contributed by atoms with Gasteiger partial charge in [-0.2, -0.15) is 0 Å². The molecule has 2 N–H and O–H groups in total. The third kappa shape index (κ3) is 1.41. The molecule has 2 heterocycles. The maximum absolute atomic E-state index is 5.85. The van der Waals surface area contributed by atoms with Crippen LogP contribution in [0.15, 0.2) is 22.7 Å². The van der Waals surface area contributed by atoms with Crippen LogP contribution in [0.1, 0.15) is 19.3 Å². The van der Waals surface area contributed by atoms with E-state index in [9.17, 15) is 0 Å². The zero-order chi connectivity index (χ0) is 11.0. The maximum Gasteiger partial charge on any atom is 0.191 e. The number of hydrogen-bond donors (Lipinski definition) is 1. The summed E-state index contributed by atoms with van der Waals surface area (Å²) in [5.74, 6) is 0.946. The Morgan fingerprint density at radius 3 is 2.81 bits per heavy atom. The first-order valence-electron chi connectivity index (χ1n) is 5.75. The lowest BCUT2D eigenvalue weighted by atomic mass is 10.1. The predicted molar refractivity (Wildman–Crippen MR) is 64.5 cm³/mol. The molecule has 1 aliphatic heterocycles. The summed E-state index contributed by atoms with van der Waals surface area (Å²) in [5, 5.41) is 5.18. The summed E-state index contributed by atoms with van der Waals surface area (Å²) < 4.78 is 5.32. The van der Waals surface area contributed by atoms with E-state index in [-0.39, 0.29) is 0 Å². The Kier molecular flexibility index (Phi) is 2.20. The molecule has 1 saturated heterocycles. The number of nitrogen functional groups attached to an aromatic ring is 1. The number of anilines is 2. The van der Waals surface area contributed by atoms with Gasteiger partial charge in [0.05, 0.1) is 11.1 Å². The molecule has 0 atom stereocenters. The monoisotopic (exact) mass is 217 g/mol. The number of aromatic nitrogens is 1. The van der Waals surface area contributed by atoms with Crippen LogP contribution >= 0.6 is 0 Å². The van der Waals surface area contributed by atoms with Crippen LogP contribution in [0.25, 0.3) is 11.0 Å². The molecular weight excluding hydrogens is 202 g/mol. The topological polar surface area (TPSA) is 55.3 Å². The molecular formula is C12H15N3O. The molecule has 4 heteroatoms. The van der Waals surface area contributed by atoms with Gasteiger partial charge >= 0.3 is 0 Å². The average molecular weight is 217 g/mol. The summed E-state index contributed by atoms with van der Waals surface area (Å²) in [6.45, 7) is 2.13. The molecule has 0 aliphatic carbocycles. The van der Waals surface area contributed by atoms with Crippen molar-refractivity contribution in [1.29, 1.82) is 0 Å². The molecule has 4 nitrogen and oxygen atoms in total. The van der Waals surface area contributed by atoms with Crippen molar-refractivity contribution in [1.82, 2.24) is 5.16 Å². The Morgan fingerprint density at radius 1 is 1.19 bits per heavy atom. The van der Waals surface area contributed by atoms with Gasteiger partial charge in [0.25, 0.3) is 0 Å². The smallest absolute Gasteiger partial charge is 0.191 e. The number of rotatable bonds is 1. The highest BCUT2D eigenvalue weighted by molar-refractivity contribution is 5.95. The molecule has 1 aromatic heterocycles. The molecule has 3 rings (SSSR count). The Labute approximate surface area is 94.0 Å². The number of nitrogens with two attached hydrogens (primary N) is 1. The van der Waals surface area contributed by atoms with Crippen LogP contribution in [-0.4, -0.2) is 18.2 Å². The molecule has 0 amide bonds. The largest absolute Gasteiger partial charge is 0.396 e. The summed E-state index contributed by atoms with van der Waals surface area (Å²) >= 11 is 0. The highest BCUT2D eigenvalue weighted by atomic mass is 16.5. The Hall–Kier alpha value is -1.71. The van der Waals surface area contributed by atoms with Gasteiger partial charge in [-0.15, -0.1) is 0 Å². The van der Waals surface area contributed by atoms with E-state index in [0.29, 0.717) is 11.3 Å². The van der Waals surface area contributed by atoms with Gasteiger partial charge in [0.15, 0.2) is 11.4 Å². The van der Waals surface area contributed by atoms with Crippen molar-refractivity contribution in [3.05, 3.63) is 18.2 Å². The number of benzene rings is 1. The fourth-order valence-corrected chi connectivity index (χ4v) is 2.30. The molecule has 0 radical (unpaired) electrons. The lowest BCUT2D eigenvalue weighted by Gasteiger charge is -2.26. The average Bonchev–Trinajstić information content (AvgIpc) is 2.75. The second-order valence-corrected chi connectivity index (χ2v) is 4.28. The zero-order valence-electron chi connectivity index (χ0n) is 9.15. The van der Waals surface area contributed by atoms with Crippen LogP contribution in [0.4, 0.5) is 11.5 Å². The normalized spacial score (nSPS) is 16.9. The van der Waals surface area contributed by atoms with E-state index in [2.05, 4.69) is 10.1 Å². The van der Waals surface area contributed by atoms with Crippen molar-refractivity contribution in [2.75, 3.05) is 23.7 Å². The summed E-state index contributed by atoms with van der Waals surface area (Å²) in [7, 11) is 0. The molecule has 2 aromatic rings. The first kappa shape index (κ1) is 9.51. The molecule has 0 unspecified atom stereocenters. The molecule has 16 heavy (non-hydrogen) atoms. The minimum atomic E-state index is 0.660. The van der Waals surface area contributed by atoms with Gasteiger partial charge in [0.1, 0.15) is 0 Å². The molecule has 0 bridgehead atoms. The minimum Gasteiger partial charge on any atom is -0.396 e. The zero-order valence-corrected chi connectivity index (χ0v) is 9.15. The van der Waals surface area contributed by atoms with Crippen LogP contribution in [0.2, 0.25) is 0 Å². The van der Waals surface area contributed by atoms with Gasteiger partial charge in [-0.1, -0.05) is 11.2 Å². The Bertz CT molecular complexity index is 500. The van der Waals surface area contributed by atoms with Crippen LogP contribution < -0.4 is 10.6 Å². The highest BCUT2D eigenvalue weighted by Gasteiger charge is 2.18. The third-order valence-electron chi connectivity index (χ3n) is 3.17. The second kappa shape index (κ2) is 3.70. The van der Waals surface area contributed by atoms with Crippen molar-refractivity contribution in [2.24, 2.45) is 0 Å². The fraction of sp³-hybridized carbons (Fsp3) is 0.417. The van der Waals surface area contributed by atoms with Gasteiger partial charge in [-0.3, -0.25) is 0 Å². The van der Waals surface area contributed by atoms with Crippen LogP contribution in [0, 0.1) is 0 Å². The van der Waals surface area contributed by atoms with E-state index >= 15 is 0 Å². The molecule has 1 aromatic carbocycles. The number of nitrogens with zero attached hydrogens (tertiary/aromatic N) is 2. The predicted octanol–water partition coefficient (Wildman–Crippen LogP) is 2.40. The van der Waals surface area contributed by atoms with E-state index in [4.69, 9.17) is 10.3 Å². The Morgan fingerprint density at radius 2 is 2.00 bits per heavy atom. The summed E-state index contributed by atoms with van der Waals surface area (Å²) in [4.78, 5) is 2.29. The highest BCUT2D eigenvalue weighted by Crippen LogP contribution is 2.30. The quantitative estimate of drug-likeness (QED) is 0.745. The van der Waals surface area contributed by atoms with E-state index < -0.39 is 0 Å². The molecule has 0 saturated carbocycles. The van der Waals surface area contributed by atoms with Crippen molar-refractivity contribution in [3.63, 3.8) is 0 Å². The lowest BCUT2D eigenvalue weighted by Crippen LogP contribution is -2.29. The van der Waals surface area contributed by atoms with Crippen LogP contribution in [0.5, 0.6) is 0 Å². The number of piperidine rings is 1. The minimum absolute atomic E-state index is 0.660. The van der Waals surface area contributed by atoms with Crippen molar-refractivity contribution < 1.29 is 4.52 Å². The second-order valence-electron chi connectivity index (χ2n) is 4.28. The van der Waals surface area contributed by atoms with E-state index in [1.807, 2.05) is 18.2 Å². The summed E-state index contributed by atoms with van der Waals surface area (Å²) in [5.41, 5.74) is 7.22. The SMILES string of the molecule is Nc1cccc2c(N3CCCCC3)noc12. The van der Waals surface area contributed by atoms with Gasteiger partial charge < -0.3 is 15.2 Å². The fourth-order valence-electron chi connectivity index (χ4n) is 2.30. The lowest BCUT2D eigenvalue weighted by molar-refractivity contribution is 0.450. The van der Waals surface area contributed by atoms with Crippen LogP contribution in [0.3, 0.4) is 0 Å². The number of fused-ring (bicyclic) bond motifs is 1. The molecule has 1 aliphatic rings. The summed E-state index contributed by atoms with van der Waals surface area (Å²) in [6, 6.07) is 5.81. The Balaban J connectivity index is 2.06. The third-order valence-corrected chi connectivity index (χ3v) is 3.17. The van der Waals surface area contributed by atoms with Gasteiger partial charge in [0.2, 0.25) is 0 Å². The van der Waals surface area contributed by atoms with Gasteiger partial charge in [-0.25, -0.2) is 0 Å². The summed E-state index contributed by atoms with van der Waals surface area (Å²) in [6.07, 6.45) is 3.78. The van der Waals surface area contributed by atoms with E-state index in [1.165, 1.54) is 19.3 Å². The van der Waals surface area contributed by atoms with Crippen molar-refractivity contribution >= 4 is 22.5 Å². The number of hydrogen-bond acceptors (Lipinski definition) is 4. The van der Waals surface area contributed by atoms with E-state index in [0.717, 1.165) is 24.3 Å². The standard InChI is InChI=1S/C12H15N3O/c13-10-6-4-5-9-11(10)16-14-12(9)15-7-2-1-3-8-15/h4-6H,1-3,7-8,13H2.